The first-order valence-corrected chi connectivity index (χ1v) is 12.3. The molecule has 0 saturated heterocycles. The van der Waals surface area contributed by atoms with Gasteiger partial charge in [0.1, 0.15) is 11.6 Å². The zero-order valence-corrected chi connectivity index (χ0v) is 21.8. The molecule has 0 unspecified atom stereocenters. The topological polar surface area (TPSA) is 125 Å². The van der Waals surface area contributed by atoms with Crippen molar-refractivity contribution < 1.29 is 18.5 Å². The Morgan fingerprint density at radius 2 is 1.72 bits per heavy atom. The van der Waals surface area contributed by atoms with Crippen LogP contribution in [0.15, 0.2) is 63.9 Å². The van der Waals surface area contributed by atoms with E-state index in [1.54, 1.807) is 27.0 Å². The number of nitrogens with one attached hydrogen (secondary N) is 1. The van der Waals surface area contributed by atoms with Crippen molar-refractivity contribution in [1.29, 1.82) is 0 Å². The minimum absolute atomic E-state index is 0.206. The van der Waals surface area contributed by atoms with E-state index in [1.165, 1.54) is 16.9 Å². The molecular formula is C29H26FN5O4. The van der Waals surface area contributed by atoms with Crippen molar-refractivity contribution in [2.45, 2.75) is 27.3 Å². The molecule has 0 radical (unpaired) electrons. The number of primary amides is 1. The number of aryl methyl sites for hydroxylation is 4. The number of hydrogen-bond donors (Lipinski definition) is 2. The van der Waals surface area contributed by atoms with Gasteiger partial charge in [-0.3, -0.25) is 19.4 Å². The summed E-state index contributed by atoms with van der Waals surface area (Å²) in [6, 6.07) is 14.8. The Hall–Kier alpha value is -4.99. The van der Waals surface area contributed by atoms with Gasteiger partial charge in [-0.2, -0.15) is 4.74 Å². The van der Waals surface area contributed by atoms with E-state index in [4.69, 9.17) is 10.3 Å². The van der Waals surface area contributed by atoms with Gasteiger partial charge in [0.15, 0.2) is 0 Å². The summed E-state index contributed by atoms with van der Waals surface area (Å²) < 4.78 is 22.5. The molecule has 198 valence electrons. The Bertz CT molecular complexity index is 1830. The van der Waals surface area contributed by atoms with Gasteiger partial charge in [0.2, 0.25) is 0 Å². The predicted octanol–water partition coefficient (Wildman–Crippen LogP) is 4.79. The number of halogens is 1. The van der Waals surface area contributed by atoms with Crippen molar-refractivity contribution in [3.8, 4) is 22.4 Å². The van der Waals surface area contributed by atoms with Gasteiger partial charge in [-0.1, -0.05) is 24.3 Å². The Labute approximate surface area is 222 Å². The van der Waals surface area contributed by atoms with Gasteiger partial charge < -0.3 is 20.1 Å². The maximum Gasteiger partial charge on any atom is 0.290 e. The van der Waals surface area contributed by atoms with Crippen molar-refractivity contribution in [3.05, 3.63) is 93.3 Å². The van der Waals surface area contributed by atoms with E-state index in [0.29, 0.717) is 40.2 Å². The van der Waals surface area contributed by atoms with Gasteiger partial charge in [-0.05, 0) is 62.2 Å². The molecule has 39 heavy (non-hydrogen) atoms. The van der Waals surface area contributed by atoms with Gasteiger partial charge in [-0.25, -0.2) is 4.39 Å². The van der Waals surface area contributed by atoms with Crippen LogP contribution in [0.5, 0.6) is 0 Å². The number of pyridine rings is 1. The average Bonchev–Trinajstić information content (AvgIpc) is 3.39. The lowest BCUT2D eigenvalue weighted by atomic mass is 10.0. The number of carbonyl (C=O) groups excluding carboxylic acids is 2. The van der Waals surface area contributed by atoms with E-state index in [0.717, 1.165) is 22.9 Å². The van der Waals surface area contributed by atoms with E-state index in [1.807, 2.05) is 41.8 Å². The number of fused-ring (bicyclic) bond motifs is 1. The molecule has 10 heteroatoms. The number of aromatic nitrogens is 3. The van der Waals surface area contributed by atoms with Crippen LogP contribution in [0.2, 0.25) is 0 Å². The maximum atomic E-state index is 13.9. The molecule has 2 amide bonds. The molecule has 0 bridgehead atoms. The number of carbonyl (C=O) groups is 2. The second kappa shape index (κ2) is 9.71. The highest BCUT2D eigenvalue weighted by Gasteiger charge is 2.21. The lowest BCUT2D eigenvalue weighted by molar-refractivity contribution is 0.0992. The molecule has 0 fully saturated rings. The molecule has 0 aliphatic heterocycles. The first-order valence-electron chi connectivity index (χ1n) is 12.3. The van der Waals surface area contributed by atoms with Crippen LogP contribution in [0.1, 0.15) is 39.1 Å². The number of nitrogens with zero attached hydrogens (tertiary/aromatic N) is 3. The predicted molar refractivity (Wildman–Crippen MR) is 146 cm³/mol. The van der Waals surface area contributed by atoms with Crippen LogP contribution in [-0.2, 0) is 13.6 Å². The zero-order chi connectivity index (χ0) is 28.0. The van der Waals surface area contributed by atoms with E-state index in [-0.39, 0.29) is 16.8 Å². The minimum atomic E-state index is -0.926. The fourth-order valence-corrected chi connectivity index (χ4v) is 4.87. The second-order valence-corrected chi connectivity index (χ2v) is 9.23. The largest absolute Gasteiger partial charge is 0.381 e. The summed E-state index contributed by atoms with van der Waals surface area (Å²) in [6.45, 7) is 6.07. The molecule has 3 aromatic heterocycles. The molecule has 5 aromatic rings. The van der Waals surface area contributed by atoms with Gasteiger partial charge in [0, 0.05) is 25.0 Å². The third-order valence-corrected chi connectivity index (χ3v) is 6.63. The Balaban J connectivity index is 1.57. The van der Waals surface area contributed by atoms with Gasteiger partial charge >= 0.3 is 0 Å². The number of hydrogen-bond acceptors (Lipinski definition) is 5. The van der Waals surface area contributed by atoms with Crippen molar-refractivity contribution in [3.63, 3.8) is 0 Å². The van der Waals surface area contributed by atoms with Crippen LogP contribution in [0.3, 0.4) is 0 Å². The molecule has 0 aliphatic carbocycles. The van der Waals surface area contributed by atoms with Crippen LogP contribution in [0.4, 0.5) is 10.1 Å². The fourth-order valence-electron chi connectivity index (χ4n) is 4.87. The molecule has 0 atom stereocenters. The van der Waals surface area contributed by atoms with Crippen LogP contribution in [0, 0.1) is 19.7 Å². The molecule has 0 saturated carbocycles. The Morgan fingerprint density at radius 3 is 2.33 bits per heavy atom. The molecule has 0 aliphatic rings. The quantitative estimate of drug-likeness (QED) is 0.329. The summed E-state index contributed by atoms with van der Waals surface area (Å²) in [5.74, 6) is -1.59. The maximum absolute atomic E-state index is 13.9. The summed E-state index contributed by atoms with van der Waals surface area (Å²) in [7, 11) is 1.57. The first kappa shape index (κ1) is 25.7. The highest BCUT2D eigenvalue weighted by atomic mass is 19.1. The van der Waals surface area contributed by atoms with E-state index < -0.39 is 17.6 Å². The summed E-state index contributed by atoms with van der Waals surface area (Å²) in [5.41, 5.74) is 10.3. The van der Waals surface area contributed by atoms with Gasteiger partial charge in [0.25, 0.3) is 17.4 Å². The highest BCUT2D eigenvalue weighted by Crippen LogP contribution is 2.32. The first-order chi connectivity index (χ1) is 18.6. The Morgan fingerprint density at radius 1 is 1.03 bits per heavy atom. The summed E-state index contributed by atoms with van der Waals surface area (Å²) in [6.07, 6.45) is 0. The van der Waals surface area contributed by atoms with Crippen LogP contribution < -0.4 is 16.6 Å². The number of benzene rings is 2. The SMILES string of the molecule is CCn1c(-c2ccc(-c3c(C)on(C)c3=O)cc2)cc2nc(C)cc(C(=O)Nc3ccc(F)c(C(N)=O)c3)c21. The van der Waals surface area contributed by atoms with Gasteiger partial charge in [0.05, 0.1) is 33.4 Å². The van der Waals surface area contributed by atoms with Crippen LogP contribution in [0.25, 0.3) is 33.4 Å². The molecule has 5 rings (SSSR count). The molecular weight excluding hydrogens is 501 g/mol. The normalized spacial score (nSPS) is 11.2. The fraction of sp³-hybridized carbons (Fsp3) is 0.172. The number of rotatable bonds is 6. The minimum Gasteiger partial charge on any atom is -0.381 e. The van der Waals surface area contributed by atoms with Crippen molar-refractivity contribution in [2.24, 2.45) is 12.8 Å². The van der Waals surface area contributed by atoms with Crippen molar-refractivity contribution in [2.75, 3.05) is 5.32 Å². The second-order valence-electron chi connectivity index (χ2n) is 9.23. The van der Waals surface area contributed by atoms with Gasteiger partial charge in [-0.15, -0.1) is 0 Å². The molecule has 9 nitrogen and oxygen atoms in total. The summed E-state index contributed by atoms with van der Waals surface area (Å²) in [5, 5.41) is 2.74. The van der Waals surface area contributed by atoms with Crippen LogP contribution >= 0.6 is 0 Å². The van der Waals surface area contributed by atoms with E-state index in [9.17, 15) is 18.8 Å². The zero-order valence-electron chi connectivity index (χ0n) is 21.8. The molecule has 3 N–H and O–H groups in total. The van der Waals surface area contributed by atoms with Crippen molar-refractivity contribution >= 4 is 28.5 Å². The third-order valence-electron chi connectivity index (χ3n) is 6.63. The number of anilines is 1. The average molecular weight is 528 g/mol. The molecule has 0 spiro atoms. The summed E-state index contributed by atoms with van der Waals surface area (Å²) >= 11 is 0. The highest BCUT2D eigenvalue weighted by molar-refractivity contribution is 6.12. The standard InChI is InChI=1S/C29H26FN5O4/c1-5-35-24(17-6-8-18(9-7-17)25-16(3)39-34(4)29(25)38)14-23-26(35)21(12-15(2)32-23)28(37)33-19-10-11-22(30)20(13-19)27(31)36/h6-14H,5H2,1-4H3,(H2,31,36)(H,33,37). The monoisotopic (exact) mass is 527 g/mol. The lowest BCUT2D eigenvalue weighted by Gasteiger charge is -2.13. The van der Waals surface area contributed by atoms with Crippen LogP contribution in [-0.4, -0.2) is 26.1 Å². The van der Waals surface area contributed by atoms with E-state index in [2.05, 4.69) is 10.3 Å². The third kappa shape index (κ3) is 4.50. The van der Waals surface area contributed by atoms with Crippen molar-refractivity contribution in [1.82, 2.24) is 14.3 Å². The molecule has 3 heterocycles. The smallest absolute Gasteiger partial charge is 0.290 e. The number of nitrogens with two attached hydrogens (primary N) is 1. The number of amides is 2. The lowest BCUT2D eigenvalue weighted by Crippen LogP contribution is -2.17. The Kier molecular flexibility index (Phi) is 6.39. The van der Waals surface area contributed by atoms with E-state index >= 15 is 0 Å². The summed E-state index contributed by atoms with van der Waals surface area (Å²) in [4.78, 5) is 42.1. The molecule has 2 aromatic carbocycles.